The lowest BCUT2D eigenvalue weighted by atomic mass is 9.93. The quantitative estimate of drug-likeness (QED) is 0.541. The van der Waals surface area contributed by atoms with E-state index in [1.807, 2.05) is 24.4 Å². The molecule has 0 radical (unpaired) electrons. The minimum absolute atomic E-state index is 0.191. The van der Waals surface area contributed by atoms with Gasteiger partial charge < -0.3 is 0 Å². The molecule has 2 rings (SSSR count). The summed E-state index contributed by atoms with van der Waals surface area (Å²) in [4.78, 5) is 13.1. The van der Waals surface area contributed by atoms with Gasteiger partial charge in [0.05, 0.1) is 0 Å². The van der Waals surface area contributed by atoms with E-state index >= 15 is 0 Å². The summed E-state index contributed by atoms with van der Waals surface area (Å²) in [5, 5.41) is 1.96. The van der Waals surface area contributed by atoms with Crippen LogP contribution in [0.5, 0.6) is 0 Å². The van der Waals surface area contributed by atoms with Crippen LogP contribution in [0.1, 0.15) is 47.3 Å². The number of aryl methyl sites for hydroxylation is 1. The Morgan fingerprint density at radius 2 is 2.07 bits per heavy atom. The molecule has 0 aliphatic heterocycles. The molecule has 1 aliphatic carbocycles. The first-order chi connectivity index (χ1) is 7.25. The molecule has 15 heavy (non-hydrogen) atoms. The molecule has 0 unspecified atom stereocenters. The van der Waals surface area contributed by atoms with Gasteiger partial charge >= 0.3 is 0 Å². The van der Waals surface area contributed by atoms with E-state index in [1.54, 1.807) is 11.3 Å². The predicted octanol–water partition coefficient (Wildman–Crippen LogP) is 4.13. The summed E-state index contributed by atoms with van der Waals surface area (Å²) in [5.74, 6) is 0.191. The molecule has 0 bridgehead atoms. The minimum Gasteiger partial charge on any atom is -0.289 e. The fourth-order valence-electron chi connectivity index (χ4n) is 1.99. The van der Waals surface area contributed by atoms with E-state index in [1.165, 1.54) is 29.7 Å². The Kier molecular flexibility index (Phi) is 3.37. The van der Waals surface area contributed by atoms with Crippen LogP contribution in [0.3, 0.4) is 0 Å². The molecular weight excluding hydrogens is 204 g/mol. The van der Waals surface area contributed by atoms with Gasteiger partial charge in [-0.1, -0.05) is 12.0 Å². The normalized spacial score (nSPS) is 16.5. The molecule has 0 atom stereocenters. The van der Waals surface area contributed by atoms with Crippen LogP contribution in [-0.2, 0) is 0 Å². The monoisotopic (exact) mass is 220 g/mol. The summed E-state index contributed by atoms with van der Waals surface area (Å²) < 4.78 is 0. The van der Waals surface area contributed by atoms with E-state index in [0.717, 1.165) is 18.4 Å². The van der Waals surface area contributed by atoms with Crippen molar-refractivity contribution >= 4 is 17.1 Å². The maximum Gasteiger partial charge on any atom is 0.186 e. The molecule has 0 saturated heterocycles. The highest BCUT2D eigenvalue weighted by Crippen LogP contribution is 2.23. The third-order valence-electron chi connectivity index (χ3n) is 2.85. The van der Waals surface area contributed by atoms with Crippen LogP contribution >= 0.6 is 11.3 Å². The lowest BCUT2D eigenvalue weighted by molar-refractivity contribution is 0.104. The number of ketones is 1. The van der Waals surface area contributed by atoms with Crippen molar-refractivity contribution in [1.29, 1.82) is 0 Å². The van der Waals surface area contributed by atoms with Crippen LogP contribution in [0.15, 0.2) is 23.1 Å². The van der Waals surface area contributed by atoms with Crippen molar-refractivity contribution in [2.24, 2.45) is 0 Å². The largest absolute Gasteiger partial charge is 0.289 e. The third-order valence-corrected chi connectivity index (χ3v) is 3.71. The van der Waals surface area contributed by atoms with Gasteiger partial charge in [-0.15, -0.1) is 11.3 Å². The Morgan fingerprint density at radius 1 is 1.33 bits per heavy atom. The number of carbonyl (C=O) groups excluding carboxylic acids is 1. The lowest BCUT2D eigenvalue weighted by Crippen LogP contribution is -1.99. The van der Waals surface area contributed by atoms with Crippen LogP contribution in [0.2, 0.25) is 0 Å². The van der Waals surface area contributed by atoms with Crippen LogP contribution < -0.4 is 0 Å². The first-order valence-corrected chi connectivity index (χ1v) is 6.42. The molecule has 1 saturated carbocycles. The lowest BCUT2D eigenvalue weighted by Gasteiger charge is -2.12. The summed E-state index contributed by atoms with van der Waals surface area (Å²) in [7, 11) is 0. The summed E-state index contributed by atoms with van der Waals surface area (Å²) in [6.45, 7) is 2.04. The molecule has 0 N–H and O–H groups in total. The molecule has 1 fully saturated rings. The second-order valence-electron chi connectivity index (χ2n) is 4.17. The zero-order chi connectivity index (χ0) is 10.7. The van der Waals surface area contributed by atoms with Gasteiger partial charge in [-0.05, 0) is 44.7 Å². The van der Waals surface area contributed by atoms with Crippen LogP contribution in [-0.4, -0.2) is 5.78 Å². The molecule has 1 aliphatic rings. The van der Waals surface area contributed by atoms with Gasteiger partial charge in [0.1, 0.15) is 0 Å². The van der Waals surface area contributed by atoms with Crippen molar-refractivity contribution < 1.29 is 4.79 Å². The van der Waals surface area contributed by atoms with Crippen molar-refractivity contribution in [2.75, 3.05) is 0 Å². The van der Waals surface area contributed by atoms with Gasteiger partial charge in [0.2, 0.25) is 0 Å². The molecule has 1 nitrogen and oxygen atoms in total. The molecule has 80 valence electrons. The molecule has 0 aromatic carbocycles. The number of rotatable bonds is 2. The molecular formula is C13H16OS. The fraction of sp³-hybridized carbons (Fsp3) is 0.462. The second-order valence-corrected chi connectivity index (χ2v) is 5.29. The van der Waals surface area contributed by atoms with Crippen molar-refractivity contribution in [2.45, 2.75) is 39.0 Å². The molecule has 1 aromatic rings. The standard InChI is InChI=1S/C13H16OS/c1-10-7-12(9-15-10)13(14)8-11-5-3-2-4-6-11/h7-9H,2-6H2,1H3. The molecule has 2 heteroatoms. The number of hydrogen-bond donors (Lipinski definition) is 0. The average molecular weight is 220 g/mol. The Hall–Kier alpha value is -0.890. The number of allylic oxidation sites excluding steroid dienone is 2. The van der Waals surface area contributed by atoms with E-state index in [0.29, 0.717) is 0 Å². The summed E-state index contributed by atoms with van der Waals surface area (Å²) in [6.07, 6.45) is 7.93. The Balaban J connectivity index is 2.08. The first kappa shape index (κ1) is 10.6. The van der Waals surface area contributed by atoms with Gasteiger partial charge in [0.15, 0.2) is 5.78 Å². The van der Waals surface area contributed by atoms with Gasteiger partial charge in [-0.3, -0.25) is 4.79 Å². The van der Waals surface area contributed by atoms with Crippen molar-refractivity contribution in [3.05, 3.63) is 33.5 Å². The fourth-order valence-corrected chi connectivity index (χ4v) is 2.68. The first-order valence-electron chi connectivity index (χ1n) is 5.54. The van der Waals surface area contributed by atoms with Gasteiger partial charge in [0.25, 0.3) is 0 Å². The van der Waals surface area contributed by atoms with Crippen molar-refractivity contribution in [3.8, 4) is 0 Å². The minimum atomic E-state index is 0.191. The zero-order valence-corrected chi connectivity index (χ0v) is 9.90. The van der Waals surface area contributed by atoms with Crippen LogP contribution in [0, 0.1) is 6.92 Å². The number of thiophene rings is 1. The predicted molar refractivity (Wildman–Crippen MR) is 64.6 cm³/mol. The van der Waals surface area contributed by atoms with E-state index < -0.39 is 0 Å². The second kappa shape index (κ2) is 4.75. The Bertz CT molecular complexity index is 379. The van der Waals surface area contributed by atoms with Crippen molar-refractivity contribution in [3.63, 3.8) is 0 Å². The maximum atomic E-state index is 11.9. The Morgan fingerprint density at radius 3 is 2.67 bits per heavy atom. The van der Waals surface area contributed by atoms with Crippen molar-refractivity contribution in [1.82, 2.24) is 0 Å². The highest BCUT2D eigenvalue weighted by atomic mass is 32.1. The molecule has 1 aromatic heterocycles. The number of carbonyl (C=O) groups is 1. The van der Waals surface area contributed by atoms with E-state index in [9.17, 15) is 4.79 Å². The molecule has 0 amide bonds. The zero-order valence-electron chi connectivity index (χ0n) is 9.08. The van der Waals surface area contributed by atoms with Gasteiger partial charge in [-0.25, -0.2) is 0 Å². The van der Waals surface area contributed by atoms with E-state index in [2.05, 4.69) is 0 Å². The van der Waals surface area contributed by atoms with Crippen LogP contribution in [0.25, 0.3) is 0 Å². The smallest absolute Gasteiger partial charge is 0.186 e. The third kappa shape index (κ3) is 2.78. The van der Waals surface area contributed by atoms with E-state index in [4.69, 9.17) is 0 Å². The highest BCUT2D eigenvalue weighted by molar-refractivity contribution is 7.10. The number of hydrogen-bond acceptors (Lipinski definition) is 2. The topological polar surface area (TPSA) is 17.1 Å². The SMILES string of the molecule is Cc1cc(C(=O)C=C2CCCCC2)cs1. The van der Waals surface area contributed by atoms with Crippen LogP contribution in [0.4, 0.5) is 0 Å². The Labute approximate surface area is 94.8 Å². The summed E-state index contributed by atoms with van der Waals surface area (Å²) >= 11 is 1.64. The molecule has 1 heterocycles. The highest BCUT2D eigenvalue weighted by Gasteiger charge is 2.09. The summed E-state index contributed by atoms with van der Waals surface area (Å²) in [6, 6.07) is 1.98. The summed E-state index contributed by atoms with van der Waals surface area (Å²) in [5.41, 5.74) is 2.20. The van der Waals surface area contributed by atoms with Gasteiger partial charge in [-0.2, -0.15) is 0 Å². The van der Waals surface area contributed by atoms with Gasteiger partial charge in [0, 0.05) is 15.8 Å². The maximum absolute atomic E-state index is 11.9. The van der Waals surface area contributed by atoms with E-state index in [-0.39, 0.29) is 5.78 Å². The molecule has 0 spiro atoms. The average Bonchev–Trinajstić information content (AvgIpc) is 2.66.